The maximum Gasteiger partial charge on any atom is 0.325 e. The van der Waals surface area contributed by atoms with Crippen molar-refractivity contribution in [3.05, 3.63) is 92.3 Å². The molecule has 0 amide bonds. The van der Waals surface area contributed by atoms with E-state index in [1.807, 2.05) is 6.07 Å². The van der Waals surface area contributed by atoms with Crippen molar-refractivity contribution in [3.8, 4) is 6.07 Å². The van der Waals surface area contributed by atoms with Gasteiger partial charge in [-0.15, -0.1) is 0 Å². The molecule has 0 aliphatic heterocycles. The number of imidazole rings is 1. The van der Waals surface area contributed by atoms with Gasteiger partial charge >= 0.3 is 5.69 Å². The molecule has 0 bridgehead atoms. The average molecular weight is 422 g/mol. The van der Waals surface area contributed by atoms with E-state index in [4.69, 9.17) is 5.26 Å². The Morgan fingerprint density at radius 2 is 2.16 bits per heavy atom. The van der Waals surface area contributed by atoms with Crippen LogP contribution in [0.25, 0.3) is 5.57 Å². The zero-order valence-electron chi connectivity index (χ0n) is 16.3. The number of hydrogen-bond acceptors (Lipinski definition) is 5. The Kier molecular flexibility index (Phi) is 4.94. The Bertz CT molecular complexity index is 1390. The van der Waals surface area contributed by atoms with Gasteiger partial charge in [0.05, 0.1) is 29.1 Å². The van der Waals surface area contributed by atoms with Crippen molar-refractivity contribution >= 4 is 11.3 Å². The first-order chi connectivity index (χ1) is 14.8. The lowest BCUT2D eigenvalue weighted by molar-refractivity contribution is 0.526. The lowest BCUT2D eigenvalue weighted by Crippen LogP contribution is -2.26. The van der Waals surface area contributed by atoms with Crippen LogP contribution in [0.2, 0.25) is 0 Å². The van der Waals surface area contributed by atoms with Gasteiger partial charge in [0.15, 0.2) is 5.82 Å². The second kappa shape index (κ2) is 7.60. The number of H-pyrrole nitrogens is 2. The van der Waals surface area contributed by atoms with Gasteiger partial charge in [-0.1, -0.05) is 12.6 Å². The summed E-state index contributed by atoms with van der Waals surface area (Å²) >= 11 is 0. The summed E-state index contributed by atoms with van der Waals surface area (Å²) in [5.74, 6) is -1.42. The number of aromatic nitrogens is 4. The van der Waals surface area contributed by atoms with Gasteiger partial charge in [-0.05, 0) is 48.4 Å². The molecule has 1 aromatic carbocycles. The van der Waals surface area contributed by atoms with E-state index in [0.717, 1.165) is 10.9 Å². The second-order valence-electron chi connectivity index (χ2n) is 7.21. The third-order valence-electron chi connectivity index (χ3n) is 5.21. The number of halogens is 2. The molecule has 156 valence electrons. The Morgan fingerprint density at radius 1 is 1.39 bits per heavy atom. The first kappa shape index (κ1) is 20.2. The van der Waals surface area contributed by atoms with Crippen LogP contribution in [0.5, 0.6) is 0 Å². The van der Waals surface area contributed by atoms with Crippen LogP contribution in [0.1, 0.15) is 41.8 Å². The van der Waals surface area contributed by atoms with E-state index < -0.39 is 23.0 Å². The summed E-state index contributed by atoms with van der Waals surface area (Å²) in [6.45, 7) is 5.49. The summed E-state index contributed by atoms with van der Waals surface area (Å²) in [4.78, 5) is 31.6. The normalized spacial score (nSPS) is 17.9. The standard InChI is InChI=1S/C21H16F2N6O2/c1-10(14-6-15(14)13-4-3-12(7-24)5-17(13)22)19-25-9-18(23)29(19)28-11(2)16-8-26-21(31)27-20(16)30/h3-5,8-9,14-15H,1,6H2,2H3,(H2,26,27,30,31)/b28-11+/t14-,15-/m1/s1. The molecule has 4 rings (SSSR count). The van der Waals surface area contributed by atoms with Crippen molar-refractivity contribution in [3.63, 3.8) is 0 Å². The summed E-state index contributed by atoms with van der Waals surface area (Å²) in [6.07, 6.45) is 2.76. The monoisotopic (exact) mass is 422 g/mol. The van der Waals surface area contributed by atoms with Gasteiger partial charge in [-0.3, -0.25) is 9.78 Å². The molecule has 2 N–H and O–H groups in total. The SMILES string of the molecule is C=C(c1ncc(F)n1/N=C(\C)c1c[nH]c(=O)[nH]c1=O)[C@H]1C[C@@H]1c1ccc(C#N)cc1F. The van der Waals surface area contributed by atoms with E-state index in [1.54, 1.807) is 12.1 Å². The zero-order chi connectivity index (χ0) is 22.3. The topological polar surface area (TPSA) is 120 Å². The molecule has 2 aromatic heterocycles. The number of benzene rings is 1. The van der Waals surface area contributed by atoms with E-state index in [2.05, 4.69) is 26.6 Å². The molecule has 10 heteroatoms. The van der Waals surface area contributed by atoms with E-state index in [0.29, 0.717) is 17.6 Å². The molecule has 0 radical (unpaired) electrons. The molecular formula is C21H16F2N6O2. The highest BCUT2D eigenvalue weighted by Gasteiger charge is 2.43. The van der Waals surface area contributed by atoms with Gasteiger partial charge in [0.2, 0.25) is 5.95 Å². The lowest BCUT2D eigenvalue weighted by Gasteiger charge is -2.08. The third kappa shape index (κ3) is 3.73. The van der Waals surface area contributed by atoms with Crippen molar-refractivity contribution in [2.75, 3.05) is 0 Å². The molecule has 1 saturated carbocycles. The predicted octanol–water partition coefficient (Wildman–Crippen LogP) is 2.50. The smallest absolute Gasteiger partial charge is 0.313 e. The minimum Gasteiger partial charge on any atom is -0.313 e. The molecule has 2 atom stereocenters. The molecule has 1 aliphatic carbocycles. The van der Waals surface area contributed by atoms with Gasteiger partial charge < -0.3 is 4.98 Å². The Morgan fingerprint density at radius 3 is 2.84 bits per heavy atom. The highest BCUT2D eigenvalue weighted by atomic mass is 19.1. The largest absolute Gasteiger partial charge is 0.325 e. The number of hydrogen-bond donors (Lipinski definition) is 2. The van der Waals surface area contributed by atoms with Gasteiger partial charge in [0.1, 0.15) is 5.82 Å². The molecule has 0 saturated heterocycles. The maximum atomic E-state index is 14.4. The van der Waals surface area contributed by atoms with Crippen LogP contribution in [0.4, 0.5) is 8.78 Å². The lowest BCUT2D eigenvalue weighted by atomic mass is 10.0. The molecule has 0 unspecified atom stereocenters. The Labute approximate surface area is 174 Å². The number of allylic oxidation sites excluding steroid dienone is 1. The van der Waals surface area contributed by atoms with Crippen LogP contribution >= 0.6 is 0 Å². The van der Waals surface area contributed by atoms with E-state index >= 15 is 0 Å². The quantitative estimate of drug-likeness (QED) is 0.614. The summed E-state index contributed by atoms with van der Waals surface area (Å²) in [6, 6.07) is 6.20. The minimum absolute atomic E-state index is 0.0632. The molecular weight excluding hydrogens is 406 g/mol. The van der Waals surface area contributed by atoms with E-state index in [1.165, 1.54) is 19.2 Å². The molecule has 31 heavy (non-hydrogen) atoms. The number of nitriles is 1. The fourth-order valence-electron chi connectivity index (χ4n) is 3.51. The number of aromatic amines is 2. The fourth-order valence-corrected chi connectivity index (χ4v) is 3.51. The van der Waals surface area contributed by atoms with E-state index in [-0.39, 0.29) is 34.5 Å². The van der Waals surface area contributed by atoms with Gasteiger partial charge in [-0.2, -0.15) is 19.4 Å². The van der Waals surface area contributed by atoms with E-state index in [9.17, 15) is 18.4 Å². The predicted molar refractivity (Wildman–Crippen MR) is 108 cm³/mol. The molecule has 3 aromatic rings. The van der Waals surface area contributed by atoms with Crippen molar-refractivity contribution in [1.82, 2.24) is 19.6 Å². The maximum absolute atomic E-state index is 14.4. The van der Waals surface area contributed by atoms with Crippen molar-refractivity contribution < 1.29 is 8.78 Å². The fraction of sp³-hybridized carbons (Fsp3) is 0.190. The summed E-state index contributed by atoms with van der Waals surface area (Å²) < 4.78 is 29.6. The zero-order valence-corrected chi connectivity index (χ0v) is 16.3. The van der Waals surface area contributed by atoms with Gasteiger partial charge in [-0.25, -0.2) is 14.2 Å². The summed E-state index contributed by atoms with van der Waals surface area (Å²) in [5.41, 5.74) is 0.0514. The summed E-state index contributed by atoms with van der Waals surface area (Å²) in [7, 11) is 0. The highest BCUT2D eigenvalue weighted by molar-refractivity contribution is 5.98. The molecule has 1 fully saturated rings. The Balaban J connectivity index is 1.63. The molecule has 1 aliphatic rings. The molecule has 2 heterocycles. The van der Waals surface area contributed by atoms with Crippen molar-refractivity contribution in [1.29, 1.82) is 5.26 Å². The Hall–Kier alpha value is -4.13. The van der Waals surface area contributed by atoms with Crippen LogP contribution in [-0.2, 0) is 0 Å². The van der Waals surface area contributed by atoms with Gasteiger partial charge in [0, 0.05) is 6.20 Å². The van der Waals surface area contributed by atoms with Crippen LogP contribution in [0, 0.1) is 29.0 Å². The molecule has 8 nitrogen and oxygen atoms in total. The first-order valence-electron chi connectivity index (χ1n) is 9.30. The number of nitrogens with zero attached hydrogens (tertiary/aromatic N) is 4. The first-order valence-corrected chi connectivity index (χ1v) is 9.30. The van der Waals surface area contributed by atoms with Crippen LogP contribution in [-0.4, -0.2) is 25.3 Å². The average Bonchev–Trinajstić information content (AvgIpc) is 3.44. The third-order valence-corrected chi connectivity index (χ3v) is 5.21. The van der Waals surface area contributed by atoms with Crippen molar-refractivity contribution in [2.24, 2.45) is 11.0 Å². The number of rotatable bonds is 5. The van der Waals surface area contributed by atoms with Crippen LogP contribution in [0.15, 0.2) is 51.9 Å². The summed E-state index contributed by atoms with van der Waals surface area (Å²) in [5, 5.41) is 13.0. The molecule has 0 spiro atoms. The minimum atomic E-state index is -0.766. The van der Waals surface area contributed by atoms with Crippen LogP contribution < -0.4 is 11.2 Å². The van der Waals surface area contributed by atoms with Gasteiger partial charge in [0.25, 0.3) is 5.56 Å². The number of nitrogens with one attached hydrogen (secondary N) is 2. The second-order valence-corrected chi connectivity index (χ2v) is 7.21. The van der Waals surface area contributed by atoms with Crippen LogP contribution in [0.3, 0.4) is 0 Å². The highest BCUT2D eigenvalue weighted by Crippen LogP contribution is 2.54. The van der Waals surface area contributed by atoms with Crippen molar-refractivity contribution in [2.45, 2.75) is 19.3 Å².